The predicted octanol–water partition coefficient (Wildman–Crippen LogP) is 3.95. The summed E-state index contributed by atoms with van der Waals surface area (Å²) in [6, 6.07) is 6.51. The summed E-state index contributed by atoms with van der Waals surface area (Å²) in [5.41, 5.74) is -1.17. The number of anilines is 2. The van der Waals surface area contributed by atoms with Crippen molar-refractivity contribution >= 4 is 33.8 Å². The highest BCUT2D eigenvalue weighted by Crippen LogP contribution is 2.36. The van der Waals surface area contributed by atoms with Gasteiger partial charge in [-0.25, -0.2) is 9.67 Å². The monoisotopic (exact) mass is 421 g/mol. The van der Waals surface area contributed by atoms with Crippen LogP contribution < -0.4 is 10.6 Å². The zero-order valence-corrected chi connectivity index (χ0v) is 15.5. The van der Waals surface area contributed by atoms with Crippen LogP contribution in [-0.2, 0) is 11.0 Å². The Morgan fingerprint density at radius 2 is 1.93 bits per heavy atom. The van der Waals surface area contributed by atoms with Gasteiger partial charge in [0.2, 0.25) is 5.91 Å². The molecule has 11 heteroatoms. The molecule has 1 aliphatic rings. The molecule has 1 aliphatic carbocycles. The number of amides is 2. The van der Waals surface area contributed by atoms with Crippen molar-refractivity contribution in [3.05, 3.63) is 53.4 Å². The minimum absolute atomic E-state index is 0.0110. The van der Waals surface area contributed by atoms with Gasteiger partial charge in [-0.1, -0.05) is 0 Å². The summed E-state index contributed by atoms with van der Waals surface area (Å²) >= 11 is 1.06. The zero-order valence-electron chi connectivity index (χ0n) is 14.7. The van der Waals surface area contributed by atoms with Crippen LogP contribution in [0, 0.1) is 5.92 Å². The Bertz CT molecular complexity index is 1060. The van der Waals surface area contributed by atoms with Crippen molar-refractivity contribution in [3.63, 3.8) is 0 Å². The fraction of sp³-hybridized carbons (Fsp3) is 0.222. The fourth-order valence-corrected chi connectivity index (χ4v) is 3.47. The van der Waals surface area contributed by atoms with Crippen molar-refractivity contribution in [2.24, 2.45) is 5.92 Å². The Kier molecular flexibility index (Phi) is 4.82. The van der Waals surface area contributed by atoms with Crippen LogP contribution in [0.1, 0.15) is 28.1 Å². The summed E-state index contributed by atoms with van der Waals surface area (Å²) < 4.78 is 41.4. The van der Waals surface area contributed by atoms with Crippen LogP contribution in [0.3, 0.4) is 0 Å². The van der Waals surface area contributed by atoms with Crippen molar-refractivity contribution in [2.75, 3.05) is 10.6 Å². The quantitative estimate of drug-likeness (QED) is 0.653. The molecule has 3 aromatic rings. The number of halogens is 3. The van der Waals surface area contributed by atoms with Crippen LogP contribution >= 0.6 is 11.3 Å². The smallest absolute Gasteiger partial charge is 0.321 e. The number of alkyl halides is 3. The van der Waals surface area contributed by atoms with Gasteiger partial charge in [-0.05, 0) is 43.2 Å². The lowest BCUT2D eigenvalue weighted by Crippen LogP contribution is -2.14. The predicted molar refractivity (Wildman–Crippen MR) is 100.0 cm³/mol. The molecule has 4 rings (SSSR count). The van der Waals surface area contributed by atoms with Crippen LogP contribution in [0.25, 0.3) is 5.69 Å². The second-order valence-electron chi connectivity index (χ2n) is 6.45. The Labute approximate surface area is 166 Å². The van der Waals surface area contributed by atoms with Gasteiger partial charge < -0.3 is 10.6 Å². The average Bonchev–Trinajstić information content (AvgIpc) is 3.18. The van der Waals surface area contributed by atoms with E-state index in [0.717, 1.165) is 47.6 Å². The Hall–Kier alpha value is -3.21. The Morgan fingerprint density at radius 1 is 1.14 bits per heavy atom. The molecule has 0 spiro atoms. The van der Waals surface area contributed by atoms with E-state index in [0.29, 0.717) is 5.00 Å². The van der Waals surface area contributed by atoms with Gasteiger partial charge in [0.25, 0.3) is 5.91 Å². The lowest BCUT2D eigenvalue weighted by Gasteiger charge is -2.14. The van der Waals surface area contributed by atoms with Gasteiger partial charge in [0.05, 0.1) is 21.1 Å². The summed E-state index contributed by atoms with van der Waals surface area (Å²) in [6.07, 6.45) is -0.642. The SMILES string of the molecule is O=C(Nc1ccc(-n2cncn2)c(C(F)(F)F)c1)c1ccc(NC(=O)C2CC2)s1. The van der Waals surface area contributed by atoms with Gasteiger partial charge >= 0.3 is 6.18 Å². The third kappa shape index (κ3) is 4.29. The fourth-order valence-electron chi connectivity index (χ4n) is 2.66. The molecule has 0 atom stereocenters. The summed E-state index contributed by atoms with van der Waals surface area (Å²) in [6.45, 7) is 0. The van der Waals surface area contributed by atoms with Gasteiger partial charge in [-0.15, -0.1) is 11.3 Å². The lowest BCUT2D eigenvalue weighted by molar-refractivity contribution is -0.137. The topological polar surface area (TPSA) is 88.9 Å². The highest BCUT2D eigenvalue weighted by molar-refractivity contribution is 7.18. The molecule has 7 nitrogen and oxygen atoms in total. The van der Waals surface area contributed by atoms with Crippen molar-refractivity contribution in [3.8, 4) is 5.69 Å². The standard InChI is InChI=1S/C18H14F3N5O2S/c19-18(20,21)12-7-11(3-4-13(12)26-9-22-8-23-26)24-17(28)14-5-6-15(29-14)25-16(27)10-1-2-10/h3-10H,1-2H2,(H,24,28)(H,25,27). The maximum absolute atomic E-state index is 13.5. The molecule has 0 aliphatic heterocycles. The molecule has 0 bridgehead atoms. The summed E-state index contributed by atoms with van der Waals surface area (Å²) in [5, 5.41) is 9.43. The maximum atomic E-state index is 13.5. The number of thiophene rings is 1. The molecular weight excluding hydrogens is 407 g/mol. The first-order valence-corrected chi connectivity index (χ1v) is 9.41. The van der Waals surface area contributed by atoms with Crippen molar-refractivity contribution < 1.29 is 22.8 Å². The zero-order chi connectivity index (χ0) is 20.6. The molecule has 150 valence electrons. The number of aromatic nitrogens is 3. The van der Waals surface area contributed by atoms with E-state index in [-0.39, 0.29) is 28.1 Å². The molecule has 0 saturated heterocycles. The molecule has 2 amide bonds. The third-order valence-electron chi connectivity index (χ3n) is 4.25. The van der Waals surface area contributed by atoms with E-state index < -0.39 is 17.6 Å². The van der Waals surface area contributed by atoms with E-state index in [1.54, 1.807) is 6.07 Å². The molecule has 0 unspecified atom stereocenters. The van der Waals surface area contributed by atoms with E-state index in [1.165, 1.54) is 18.2 Å². The number of rotatable bonds is 5. The highest BCUT2D eigenvalue weighted by atomic mass is 32.1. The number of nitrogens with one attached hydrogen (secondary N) is 2. The van der Waals surface area contributed by atoms with Crippen LogP contribution in [0.5, 0.6) is 0 Å². The average molecular weight is 421 g/mol. The second-order valence-corrected chi connectivity index (χ2v) is 7.54. The molecule has 0 radical (unpaired) electrons. The van der Waals surface area contributed by atoms with E-state index >= 15 is 0 Å². The van der Waals surface area contributed by atoms with Gasteiger partial charge in [-0.3, -0.25) is 9.59 Å². The molecule has 1 saturated carbocycles. The van der Waals surface area contributed by atoms with Crippen LogP contribution in [0.2, 0.25) is 0 Å². The van der Waals surface area contributed by atoms with Gasteiger partial charge in [-0.2, -0.15) is 18.3 Å². The first kappa shape index (κ1) is 19.1. The minimum atomic E-state index is -4.65. The number of hydrogen-bond donors (Lipinski definition) is 2. The summed E-state index contributed by atoms with van der Waals surface area (Å²) in [4.78, 5) is 28.1. The Balaban J connectivity index is 1.52. The number of benzene rings is 1. The highest BCUT2D eigenvalue weighted by Gasteiger charge is 2.35. The lowest BCUT2D eigenvalue weighted by atomic mass is 10.1. The van der Waals surface area contributed by atoms with Crippen LogP contribution in [0.15, 0.2) is 43.0 Å². The Morgan fingerprint density at radius 3 is 2.59 bits per heavy atom. The van der Waals surface area contributed by atoms with E-state index in [9.17, 15) is 22.8 Å². The second kappa shape index (κ2) is 7.32. The van der Waals surface area contributed by atoms with Crippen LogP contribution in [-0.4, -0.2) is 26.6 Å². The molecule has 2 heterocycles. The van der Waals surface area contributed by atoms with Gasteiger partial charge in [0.15, 0.2) is 0 Å². The van der Waals surface area contributed by atoms with Crippen molar-refractivity contribution in [1.29, 1.82) is 0 Å². The summed E-state index contributed by atoms with van der Waals surface area (Å²) in [7, 11) is 0. The normalized spacial score (nSPS) is 13.9. The largest absolute Gasteiger partial charge is 0.418 e. The van der Waals surface area contributed by atoms with Crippen molar-refractivity contribution in [1.82, 2.24) is 14.8 Å². The first-order valence-electron chi connectivity index (χ1n) is 8.59. The molecule has 29 heavy (non-hydrogen) atoms. The first-order chi connectivity index (χ1) is 13.8. The summed E-state index contributed by atoms with van der Waals surface area (Å²) in [5.74, 6) is -0.625. The van der Waals surface area contributed by atoms with Crippen molar-refractivity contribution in [2.45, 2.75) is 19.0 Å². The molecule has 1 fully saturated rings. The van der Waals surface area contributed by atoms with E-state index in [1.807, 2.05) is 0 Å². The number of nitrogens with zero attached hydrogens (tertiary/aromatic N) is 3. The maximum Gasteiger partial charge on any atom is 0.418 e. The van der Waals surface area contributed by atoms with Gasteiger partial charge in [0.1, 0.15) is 12.7 Å². The van der Waals surface area contributed by atoms with E-state index in [4.69, 9.17) is 0 Å². The van der Waals surface area contributed by atoms with Crippen LogP contribution in [0.4, 0.5) is 23.9 Å². The molecule has 2 aromatic heterocycles. The number of hydrogen-bond acceptors (Lipinski definition) is 5. The molecule has 1 aromatic carbocycles. The minimum Gasteiger partial charge on any atom is -0.321 e. The number of carbonyl (C=O) groups is 2. The van der Waals surface area contributed by atoms with Gasteiger partial charge in [0, 0.05) is 11.6 Å². The molecular formula is C18H14F3N5O2S. The number of carbonyl (C=O) groups excluding carboxylic acids is 2. The van der Waals surface area contributed by atoms with E-state index in [2.05, 4.69) is 20.7 Å². The molecule has 2 N–H and O–H groups in total. The third-order valence-corrected chi connectivity index (χ3v) is 5.25.